The third kappa shape index (κ3) is 3.00. The second-order valence-corrected chi connectivity index (χ2v) is 7.21. The van der Waals surface area contributed by atoms with Gasteiger partial charge in [-0.25, -0.2) is 17.2 Å². The van der Waals surface area contributed by atoms with Crippen molar-refractivity contribution in [2.24, 2.45) is 7.05 Å². The molecule has 4 nitrogen and oxygen atoms in total. The second-order valence-electron chi connectivity index (χ2n) is 5.30. The van der Waals surface area contributed by atoms with Crippen molar-refractivity contribution >= 4 is 9.84 Å². The molecular weight excluding hydrogens is 374 g/mol. The molecule has 25 heavy (non-hydrogen) atoms. The van der Waals surface area contributed by atoms with Crippen LogP contribution in [0.2, 0.25) is 0 Å². The number of benzene rings is 1. The van der Waals surface area contributed by atoms with E-state index in [0.717, 1.165) is 19.2 Å². The first kappa shape index (κ1) is 19.3. The molecule has 0 saturated heterocycles. The van der Waals surface area contributed by atoms with Gasteiger partial charge in [0, 0.05) is 7.05 Å². The van der Waals surface area contributed by atoms with Crippen LogP contribution >= 0.6 is 0 Å². The normalized spacial score (nSPS) is 13.5. The van der Waals surface area contributed by atoms with Crippen LogP contribution in [0, 0.1) is 6.92 Å². The van der Waals surface area contributed by atoms with Crippen LogP contribution in [0.25, 0.3) is 0 Å². The van der Waals surface area contributed by atoms with E-state index in [9.17, 15) is 34.8 Å². The van der Waals surface area contributed by atoms with Crippen LogP contribution < -0.4 is 0 Å². The first-order valence-corrected chi connectivity index (χ1v) is 8.19. The van der Waals surface area contributed by atoms with Crippen molar-refractivity contribution in [1.29, 1.82) is 0 Å². The predicted molar refractivity (Wildman–Crippen MR) is 74.7 cm³/mol. The molecule has 0 N–H and O–H groups in total. The molecule has 11 heteroatoms. The molecule has 0 fully saturated rings. The lowest BCUT2D eigenvalue weighted by Crippen LogP contribution is -2.45. The maximum Gasteiger partial charge on any atom is 0.375 e. The minimum absolute atomic E-state index is 0.150. The molecule has 0 saturated carbocycles. The molecule has 0 amide bonds. The van der Waals surface area contributed by atoms with E-state index < -0.39 is 43.6 Å². The predicted octanol–water partition coefficient (Wildman–Crippen LogP) is 3.55. The fourth-order valence-corrected chi connectivity index (χ4v) is 3.56. The topological polar surface area (TPSA) is 52.0 Å². The van der Waals surface area contributed by atoms with E-state index >= 15 is 0 Å². The van der Waals surface area contributed by atoms with E-state index in [0.29, 0.717) is 11.8 Å². The highest BCUT2D eigenvalue weighted by Gasteiger charge is 2.66. The second kappa shape index (κ2) is 6.04. The molecule has 1 heterocycles. The Bertz CT molecular complexity index is 875. The fraction of sp³-hybridized carbons (Fsp3) is 0.357. The molecule has 0 spiro atoms. The number of nitrogens with zero attached hydrogens (tertiary/aromatic N) is 2. The number of alkyl halides is 6. The van der Waals surface area contributed by atoms with Crippen molar-refractivity contribution in [1.82, 2.24) is 9.78 Å². The molecule has 2 rings (SSSR count). The van der Waals surface area contributed by atoms with Crippen molar-refractivity contribution in [2.45, 2.75) is 35.0 Å². The Hall–Kier alpha value is -2.04. The van der Waals surface area contributed by atoms with Gasteiger partial charge in [0.05, 0.1) is 11.1 Å². The fourth-order valence-electron chi connectivity index (χ4n) is 2.11. The average molecular weight is 386 g/mol. The van der Waals surface area contributed by atoms with Gasteiger partial charge in [-0.15, -0.1) is 0 Å². The minimum atomic E-state index is -5.78. The molecule has 1 aromatic carbocycles. The summed E-state index contributed by atoms with van der Waals surface area (Å²) in [5.41, 5.74) is -1.14. The van der Waals surface area contributed by atoms with Gasteiger partial charge in [0.1, 0.15) is 10.6 Å². The number of halogens is 6. The molecule has 2 aromatic rings. The summed E-state index contributed by atoms with van der Waals surface area (Å²) in [6, 6.07) is 4.92. The van der Waals surface area contributed by atoms with Crippen LogP contribution in [0.1, 0.15) is 11.3 Å². The summed E-state index contributed by atoms with van der Waals surface area (Å²) in [5.74, 6) is -11.2. The Morgan fingerprint density at radius 2 is 1.60 bits per heavy atom. The maximum absolute atomic E-state index is 14.1. The highest BCUT2D eigenvalue weighted by atomic mass is 32.2. The monoisotopic (exact) mass is 386 g/mol. The van der Waals surface area contributed by atoms with Crippen LogP contribution in [0.4, 0.5) is 26.3 Å². The van der Waals surface area contributed by atoms with Crippen molar-refractivity contribution in [2.75, 3.05) is 0 Å². The Morgan fingerprint density at radius 1 is 1.08 bits per heavy atom. The van der Waals surface area contributed by atoms with Crippen molar-refractivity contribution in [3.63, 3.8) is 0 Å². The van der Waals surface area contributed by atoms with Crippen LogP contribution in [-0.2, 0) is 22.8 Å². The molecule has 0 atom stereocenters. The number of aromatic nitrogens is 2. The van der Waals surface area contributed by atoms with E-state index in [4.69, 9.17) is 0 Å². The Balaban J connectivity index is 2.70. The lowest BCUT2D eigenvalue weighted by Gasteiger charge is -2.26. The summed E-state index contributed by atoms with van der Waals surface area (Å²) in [7, 11) is -3.91. The summed E-state index contributed by atoms with van der Waals surface area (Å²) in [6.07, 6.45) is -4.27. The zero-order valence-corrected chi connectivity index (χ0v) is 13.7. The third-order valence-corrected chi connectivity index (χ3v) is 5.29. The van der Waals surface area contributed by atoms with Crippen molar-refractivity contribution < 1.29 is 34.8 Å². The zero-order valence-electron chi connectivity index (χ0n) is 12.9. The van der Waals surface area contributed by atoms with Crippen molar-refractivity contribution in [3.8, 4) is 0 Å². The number of rotatable bonds is 5. The highest BCUT2D eigenvalue weighted by molar-refractivity contribution is 7.91. The smallest absolute Gasteiger partial charge is 0.265 e. The molecular formula is C14H12F6N2O2S. The maximum atomic E-state index is 14.1. The SMILES string of the molecule is Cc1ccc(S(=O)(=O)c2cnn(C)c2C(F)(F)C(F)(F)C(F)F)cc1. The van der Waals surface area contributed by atoms with E-state index in [1.54, 1.807) is 6.92 Å². The lowest BCUT2D eigenvalue weighted by atomic mass is 10.1. The summed E-state index contributed by atoms with van der Waals surface area (Å²) in [6.45, 7) is 1.64. The Morgan fingerprint density at radius 3 is 2.08 bits per heavy atom. The van der Waals surface area contributed by atoms with Crippen LogP contribution in [0.3, 0.4) is 0 Å². The molecule has 0 radical (unpaired) electrons. The largest absolute Gasteiger partial charge is 0.375 e. The van der Waals surface area contributed by atoms with Gasteiger partial charge in [0.25, 0.3) is 0 Å². The minimum Gasteiger partial charge on any atom is -0.265 e. The number of hydrogen-bond donors (Lipinski definition) is 0. The molecule has 0 aliphatic heterocycles. The summed E-state index contributed by atoms with van der Waals surface area (Å²) in [5, 5.41) is 3.24. The Kier molecular flexibility index (Phi) is 4.66. The van der Waals surface area contributed by atoms with Gasteiger partial charge in [-0.3, -0.25) is 4.68 Å². The number of sulfone groups is 1. The third-order valence-electron chi connectivity index (χ3n) is 3.52. The number of aryl methyl sites for hydroxylation is 2. The first-order valence-electron chi connectivity index (χ1n) is 6.71. The van der Waals surface area contributed by atoms with E-state index in [-0.39, 0.29) is 4.68 Å². The van der Waals surface area contributed by atoms with Gasteiger partial charge in [-0.05, 0) is 19.1 Å². The van der Waals surface area contributed by atoms with Crippen LogP contribution in [0.5, 0.6) is 0 Å². The molecule has 138 valence electrons. The van der Waals surface area contributed by atoms with E-state index in [1.165, 1.54) is 12.1 Å². The highest BCUT2D eigenvalue weighted by Crippen LogP contribution is 2.48. The molecule has 0 aliphatic carbocycles. The van der Waals surface area contributed by atoms with Crippen LogP contribution in [-0.4, -0.2) is 30.5 Å². The zero-order chi connectivity index (χ0) is 19.2. The van der Waals surface area contributed by atoms with E-state index in [2.05, 4.69) is 5.10 Å². The lowest BCUT2D eigenvalue weighted by molar-refractivity contribution is -0.273. The first-order chi connectivity index (χ1) is 11.3. The standard InChI is InChI=1S/C14H12F6N2O2S/c1-8-3-5-9(6-4-8)25(23,24)10-7-21-22(2)11(10)13(17,18)14(19,20)12(15)16/h3-7,12H,1-2H3. The van der Waals surface area contributed by atoms with Crippen LogP contribution in [0.15, 0.2) is 40.3 Å². The van der Waals surface area contributed by atoms with E-state index in [1.807, 2.05) is 0 Å². The molecule has 0 bridgehead atoms. The Labute approximate surface area is 139 Å². The van der Waals surface area contributed by atoms with Crippen molar-refractivity contribution in [3.05, 3.63) is 41.7 Å². The average Bonchev–Trinajstić information content (AvgIpc) is 2.90. The molecule has 1 aromatic heterocycles. The quantitative estimate of drug-likeness (QED) is 0.739. The summed E-state index contributed by atoms with van der Waals surface area (Å²) < 4.78 is 105. The van der Waals surface area contributed by atoms with Gasteiger partial charge in [-0.2, -0.15) is 22.7 Å². The summed E-state index contributed by atoms with van der Waals surface area (Å²) in [4.78, 5) is -1.72. The van der Waals surface area contributed by atoms with Gasteiger partial charge in [0.15, 0.2) is 0 Å². The van der Waals surface area contributed by atoms with Gasteiger partial charge >= 0.3 is 18.3 Å². The van der Waals surface area contributed by atoms with Gasteiger partial charge < -0.3 is 0 Å². The van der Waals surface area contributed by atoms with Gasteiger partial charge in [0.2, 0.25) is 9.84 Å². The number of hydrogen-bond acceptors (Lipinski definition) is 3. The molecule has 0 unspecified atom stereocenters. The summed E-state index contributed by atoms with van der Waals surface area (Å²) >= 11 is 0. The molecule has 0 aliphatic rings. The van der Waals surface area contributed by atoms with Gasteiger partial charge in [-0.1, -0.05) is 17.7 Å².